The van der Waals surface area contributed by atoms with Crippen LogP contribution in [-0.2, 0) is 14.8 Å². The molecule has 33 heavy (non-hydrogen) atoms. The largest absolute Gasteiger partial charge is 0.324 e. The molecular formula is C21H22N4O7S. The van der Waals surface area contributed by atoms with Gasteiger partial charge in [0, 0.05) is 24.8 Å². The van der Waals surface area contributed by atoms with Crippen molar-refractivity contribution in [2.24, 2.45) is 0 Å². The van der Waals surface area contributed by atoms with E-state index in [1.807, 2.05) is 0 Å². The summed E-state index contributed by atoms with van der Waals surface area (Å²) in [6.07, 6.45) is 0. The van der Waals surface area contributed by atoms with Gasteiger partial charge in [-0.1, -0.05) is 19.9 Å². The average molecular weight is 474 g/mol. The van der Waals surface area contributed by atoms with E-state index in [0.717, 1.165) is 6.07 Å². The predicted octanol–water partition coefficient (Wildman–Crippen LogP) is 2.25. The van der Waals surface area contributed by atoms with Gasteiger partial charge < -0.3 is 5.32 Å². The second-order valence-electron chi connectivity index (χ2n) is 7.22. The first-order valence-corrected chi connectivity index (χ1v) is 11.5. The first-order chi connectivity index (χ1) is 15.5. The molecule has 11 nitrogen and oxygen atoms in total. The van der Waals surface area contributed by atoms with Gasteiger partial charge in [-0.25, -0.2) is 8.42 Å². The molecule has 1 heterocycles. The van der Waals surface area contributed by atoms with Crippen molar-refractivity contribution in [2.45, 2.75) is 31.7 Å². The fourth-order valence-corrected chi connectivity index (χ4v) is 5.03. The SMILES string of the molecule is CCN(CC)S(=O)(=O)c1ccc(NC(=O)C(C)N2C(=O)c3cccc([N+](=O)[O-])c3C2=O)cc1. The van der Waals surface area contributed by atoms with E-state index in [9.17, 15) is 32.9 Å². The van der Waals surface area contributed by atoms with E-state index < -0.39 is 44.4 Å². The number of nitrogens with zero attached hydrogens (tertiary/aromatic N) is 3. The van der Waals surface area contributed by atoms with Crippen molar-refractivity contribution in [3.8, 4) is 0 Å². The minimum atomic E-state index is -3.66. The maximum Gasteiger partial charge on any atom is 0.282 e. The van der Waals surface area contributed by atoms with Crippen molar-refractivity contribution in [3.63, 3.8) is 0 Å². The van der Waals surface area contributed by atoms with E-state index in [0.29, 0.717) is 18.0 Å². The highest BCUT2D eigenvalue weighted by Crippen LogP contribution is 2.32. The molecule has 2 aromatic carbocycles. The number of nitro groups is 1. The Labute approximate surface area is 190 Å². The Balaban J connectivity index is 1.79. The normalized spacial score (nSPS) is 14.4. The summed E-state index contributed by atoms with van der Waals surface area (Å²) in [5.74, 6) is -2.45. The average Bonchev–Trinajstić information content (AvgIpc) is 3.04. The van der Waals surface area contributed by atoms with E-state index in [1.165, 1.54) is 47.6 Å². The van der Waals surface area contributed by atoms with Crippen molar-refractivity contribution in [1.29, 1.82) is 0 Å². The Morgan fingerprint density at radius 3 is 2.24 bits per heavy atom. The molecule has 0 saturated heterocycles. The van der Waals surface area contributed by atoms with Crippen LogP contribution in [0, 0.1) is 10.1 Å². The molecule has 174 valence electrons. The van der Waals surface area contributed by atoms with Crippen LogP contribution in [0.25, 0.3) is 0 Å². The summed E-state index contributed by atoms with van der Waals surface area (Å²) in [6, 6.07) is 7.93. The van der Waals surface area contributed by atoms with Crippen LogP contribution in [0.1, 0.15) is 41.5 Å². The Bertz CT molecular complexity index is 1240. The summed E-state index contributed by atoms with van der Waals surface area (Å²) >= 11 is 0. The molecule has 0 radical (unpaired) electrons. The molecule has 0 aromatic heterocycles. The Kier molecular flexibility index (Phi) is 6.60. The summed E-state index contributed by atoms with van der Waals surface area (Å²) in [5, 5.41) is 13.8. The number of amides is 3. The van der Waals surface area contributed by atoms with E-state index in [2.05, 4.69) is 5.32 Å². The van der Waals surface area contributed by atoms with Crippen LogP contribution >= 0.6 is 0 Å². The topological polar surface area (TPSA) is 147 Å². The molecule has 1 N–H and O–H groups in total. The van der Waals surface area contributed by atoms with Crippen LogP contribution in [0.2, 0.25) is 0 Å². The molecule has 1 aliphatic rings. The second-order valence-corrected chi connectivity index (χ2v) is 9.15. The van der Waals surface area contributed by atoms with Gasteiger partial charge in [-0.05, 0) is 37.3 Å². The molecular weight excluding hydrogens is 452 g/mol. The van der Waals surface area contributed by atoms with Crippen molar-refractivity contribution < 1.29 is 27.7 Å². The van der Waals surface area contributed by atoms with Gasteiger partial charge in [0.1, 0.15) is 11.6 Å². The standard InChI is InChI=1S/C21H22N4O7S/c1-4-23(5-2)33(31,32)15-11-9-14(10-12-15)22-19(26)13(3)24-20(27)16-7-6-8-17(25(29)30)18(16)21(24)28/h6-13H,4-5H2,1-3H3,(H,22,26). The number of anilines is 1. The molecule has 0 aliphatic carbocycles. The first-order valence-electron chi connectivity index (χ1n) is 10.1. The summed E-state index contributed by atoms with van der Waals surface area (Å²) in [7, 11) is -3.66. The minimum Gasteiger partial charge on any atom is -0.324 e. The van der Waals surface area contributed by atoms with Crippen LogP contribution in [0.15, 0.2) is 47.4 Å². The lowest BCUT2D eigenvalue weighted by Crippen LogP contribution is -2.45. The monoisotopic (exact) mass is 474 g/mol. The van der Waals surface area contributed by atoms with Gasteiger partial charge in [-0.3, -0.25) is 29.4 Å². The van der Waals surface area contributed by atoms with Crippen molar-refractivity contribution in [1.82, 2.24) is 9.21 Å². The highest BCUT2D eigenvalue weighted by atomic mass is 32.2. The van der Waals surface area contributed by atoms with Gasteiger partial charge >= 0.3 is 0 Å². The molecule has 3 amide bonds. The maximum atomic E-state index is 12.8. The van der Waals surface area contributed by atoms with Crippen LogP contribution in [-0.4, -0.2) is 59.4 Å². The van der Waals surface area contributed by atoms with Gasteiger partial charge in [-0.2, -0.15) is 4.31 Å². The molecule has 3 rings (SSSR count). The number of carbonyl (C=O) groups is 3. The fraction of sp³-hybridized carbons (Fsp3) is 0.286. The van der Waals surface area contributed by atoms with Crippen molar-refractivity contribution in [3.05, 3.63) is 63.7 Å². The van der Waals surface area contributed by atoms with Gasteiger partial charge in [0.15, 0.2) is 0 Å². The number of sulfonamides is 1. The molecule has 1 unspecified atom stereocenters. The smallest absolute Gasteiger partial charge is 0.282 e. The number of imide groups is 1. The fourth-order valence-electron chi connectivity index (χ4n) is 3.58. The zero-order chi connectivity index (χ0) is 24.5. The van der Waals surface area contributed by atoms with E-state index >= 15 is 0 Å². The molecule has 0 bridgehead atoms. The molecule has 12 heteroatoms. The van der Waals surface area contributed by atoms with E-state index in [-0.39, 0.29) is 21.7 Å². The molecule has 1 atom stereocenters. The van der Waals surface area contributed by atoms with Gasteiger partial charge in [0.2, 0.25) is 15.9 Å². The predicted molar refractivity (Wildman–Crippen MR) is 118 cm³/mol. The van der Waals surface area contributed by atoms with E-state index in [1.54, 1.807) is 13.8 Å². The Morgan fingerprint density at radius 1 is 1.09 bits per heavy atom. The van der Waals surface area contributed by atoms with Crippen LogP contribution in [0.3, 0.4) is 0 Å². The number of nitro benzene ring substituents is 1. The number of nitrogens with one attached hydrogen (secondary N) is 1. The third-order valence-electron chi connectivity index (χ3n) is 5.35. The number of rotatable bonds is 8. The number of hydrogen-bond acceptors (Lipinski definition) is 7. The maximum absolute atomic E-state index is 12.8. The highest BCUT2D eigenvalue weighted by molar-refractivity contribution is 7.89. The lowest BCUT2D eigenvalue weighted by Gasteiger charge is -2.22. The first kappa shape index (κ1) is 24.0. The number of hydrogen-bond donors (Lipinski definition) is 1. The van der Waals surface area contributed by atoms with Crippen molar-refractivity contribution in [2.75, 3.05) is 18.4 Å². The van der Waals surface area contributed by atoms with Gasteiger partial charge in [-0.15, -0.1) is 0 Å². The molecule has 0 spiro atoms. The number of fused-ring (bicyclic) bond motifs is 1. The molecule has 0 fully saturated rings. The molecule has 2 aromatic rings. The highest BCUT2D eigenvalue weighted by Gasteiger charge is 2.44. The van der Waals surface area contributed by atoms with Crippen LogP contribution in [0.5, 0.6) is 0 Å². The lowest BCUT2D eigenvalue weighted by atomic mass is 10.1. The van der Waals surface area contributed by atoms with Crippen LogP contribution < -0.4 is 5.32 Å². The lowest BCUT2D eigenvalue weighted by molar-refractivity contribution is -0.385. The zero-order valence-corrected chi connectivity index (χ0v) is 19.0. The summed E-state index contributed by atoms with van der Waals surface area (Å²) in [4.78, 5) is 49.4. The summed E-state index contributed by atoms with van der Waals surface area (Å²) in [5.41, 5.74) is -0.739. The number of carbonyl (C=O) groups excluding carboxylic acids is 3. The third-order valence-corrected chi connectivity index (χ3v) is 7.42. The second kappa shape index (κ2) is 9.08. The third kappa shape index (κ3) is 4.22. The number of benzene rings is 2. The molecule has 1 aliphatic heterocycles. The van der Waals surface area contributed by atoms with Crippen LogP contribution in [0.4, 0.5) is 11.4 Å². The van der Waals surface area contributed by atoms with Crippen molar-refractivity contribution >= 4 is 39.1 Å². The summed E-state index contributed by atoms with van der Waals surface area (Å²) < 4.78 is 26.4. The Hall–Kier alpha value is -3.64. The molecule has 0 saturated carbocycles. The van der Waals surface area contributed by atoms with Gasteiger partial charge in [0.25, 0.3) is 17.5 Å². The minimum absolute atomic E-state index is 0.0601. The zero-order valence-electron chi connectivity index (χ0n) is 18.1. The van der Waals surface area contributed by atoms with E-state index in [4.69, 9.17) is 0 Å². The summed E-state index contributed by atoms with van der Waals surface area (Å²) in [6.45, 7) is 5.40. The quantitative estimate of drug-likeness (QED) is 0.350. The Morgan fingerprint density at radius 2 is 1.70 bits per heavy atom. The van der Waals surface area contributed by atoms with Gasteiger partial charge in [0.05, 0.1) is 15.4 Å².